The number of hydrogen-bond acceptors (Lipinski definition) is 6. The number of hydrogen-bond donors (Lipinski definition) is 2. The number of halogens is 1. The van der Waals surface area contributed by atoms with E-state index < -0.39 is 15.4 Å². The first kappa shape index (κ1) is 23.3. The van der Waals surface area contributed by atoms with Gasteiger partial charge in [-0.1, -0.05) is 13.8 Å². The summed E-state index contributed by atoms with van der Waals surface area (Å²) in [5.74, 6) is -0.0835. The minimum atomic E-state index is -3.45. The minimum Gasteiger partial charge on any atom is -0.381 e. The Hall–Kier alpha value is -0.710. The van der Waals surface area contributed by atoms with E-state index in [0.717, 1.165) is 4.88 Å². The number of carbonyl (C=O) groups excluding carboxylic acids is 1. The maximum Gasteiger partial charge on any atom is 0.252 e. The molecule has 0 bridgehead atoms. The van der Waals surface area contributed by atoms with Gasteiger partial charge in [0.05, 0.1) is 12.0 Å². The molecule has 10 heteroatoms. The molecule has 1 aliphatic rings. The van der Waals surface area contributed by atoms with Crippen LogP contribution in [-0.4, -0.2) is 51.5 Å². The highest BCUT2D eigenvalue weighted by molar-refractivity contribution is 7.91. The molecule has 0 unspecified atom stereocenters. The van der Waals surface area contributed by atoms with Crippen molar-refractivity contribution in [1.29, 1.82) is 0 Å². The normalized spacial score (nSPS) is 16.9. The Labute approximate surface area is 165 Å². The Morgan fingerprint density at radius 3 is 2.46 bits per heavy atom. The van der Waals surface area contributed by atoms with Gasteiger partial charge in [-0.15, -0.1) is 23.7 Å². The molecule has 0 saturated carbocycles. The van der Waals surface area contributed by atoms with E-state index in [1.54, 1.807) is 12.1 Å². The van der Waals surface area contributed by atoms with E-state index in [2.05, 4.69) is 5.32 Å². The summed E-state index contributed by atoms with van der Waals surface area (Å²) in [7, 11) is -3.45. The first-order valence-corrected chi connectivity index (χ1v) is 10.8. The number of rotatable bonds is 8. The van der Waals surface area contributed by atoms with E-state index in [4.69, 9.17) is 10.5 Å². The SMILES string of the molecule is CCN(CC)S(=O)(=O)c1ccc(CNC(=O)C2(CN)CCOCC2)s1.Cl. The average molecular weight is 426 g/mol. The number of nitrogens with one attached hydrogen (secondary N) is 1. The van der Waals surface area contributed by atoms with Gasteiger partial charge in [0.15, 0.2) is 0 Å². The molecule has 0 spiro atoms. The molecule has 0 aromatic carbocycles. The predicted octanol–water partition coefficient (Wildman–Crippen LogP) is 1.57. The van der Waals surface area contributed by atoms with E-state index in [1.165, 1.54) is 15.6 Å². The van der Waals surface area contributed by atoms with Crippen LogP contribution in [0.25, 0.3) is 0 Å². The van der Waals surface area contributed by atoms with Crippen LogP contribution in [0.3, 0.4) is 0 Å². The van der Waals surface area contributed by atoms with Crippen LogP contribution in [0.2, 0.25) is 0 Å². The minimum absolute atomic E-state index is 0. The third-order valence-corrected chi connectivity index (χ3v) is 8.28. The van der Waals surface area contributed by atoms with Crippen molar-refractivity contribution in [2.45, 2.75) is 37.4 Å². The van der Waals surface area contributed by atoms with Crippen molar-refractivity contribution >= 4 is 39.7 Å². The first-order chi connectivity index (χ1) is 11.9. The van der Waals surface area contributed by atoms with Crippen LogP contribution >= 0.6 is 23.7 Å². The highest BCUT2D eigenvalue weighted by Crippen LogP contribution is 2.30. The number of amides is 1. The topological polar surface area (TPSA) is 102 Å². The van der Waals surface area contributed by atoms with Crippen molar-refractivity contribution in [3.63, 3.8) is 0 Å². The Kier molecular flexibility index (Phi) is 8.98. The monoisotopic (exact) mass is 425 g/mol. The summed E-state index contributed by atoms with van der Waals surface area (Å²) < 4.78 is 32.1. The Morgan fingerprint density at radius 2 is 1.92 bits per heavy atom. The lowest BCUT2D eigenvalue weighted by Crippen LogP contribution is -2.48. The van der Waals surface area contributed by atoms with E-state index in [-0.39, 0.29) is 24.9 Å². The summed E-state index contributed by atoms with van der Waals surface area (Å²) in [5, 5.41) is 2.91. The first-order valence-electron chi connectivity index (χ1n) is 8.54. The number of nitrogens with zero attached hydrogens (tertiary/aromatic N) is 1. The van der Waals surface area contributed by atoms with E-state index in [9.17, 15) is 13.2 Å². The van der Waals surface area contributed by atoms with Crippen molar-refractivity contribution in [3.05, 3.63) is 17.0 Å². The fourth-order valence-corrected chi connectivity index (χ4v) is 5.83. The van der Waals surface area contributed by atoms with Gasteiger partial charge in [0, 0.05) is 37.7 Å². The van der Waals surface area contributed by atoms with Gasteiger partial charge < -0.3 is 15.8 Å². The van der Waals surface area contributed by atoms with Crippen molar-refractivity contribution in [3.8, 4) is 0 Å². The van der Waals surface area contributed by atoms with Gasteiger partial charge in [-0.3, -0.25) is 4.79 Å². The third-order valence-electron chi connectivity index (χ3n) is 4.68. The predicted molar refractivity (Wildman–Crippen MR) is 105 cm³/mol. The van der Waals surface area contributed by atoms with Gasteiger partial charge in [-0.25, -0.2) is 8.42 Å². The van der Waals surface area contributed by atoms with Crippen LogP contribution in [0.5, 0.6) is 0 Å². The zero-order chi connectivity index (χ0) is 18.5. The highest BCUT2D eigenvalue weighted by Gasteiger charge is 2.38. The second kappa shape index (κ2) is 10.0. The lowest BCUT2D eigenvalue weighted by Gasteiger charge is -2.34. The van der Waals surface area contributed by atoms with E-state index >= 15 is 0 Å². The molecule has 0 atom stereocenters. The number of thiophene rings is 1. The van der Waals surface area contributed by atoms with Crippen molar-refractivity contribution in [2.75, 3.05) is 32.8 Å². The second-order valence-corrected chi connectivity index (χ2v) is 9.42. The third kappa shape index (κ3) is 4.96. The van der Waals surface area contributed by atoms with E-state index in [1.807, 2.05) is 13.8 Å². The van der Waals surface area contributed by atoms with Crippen molar-refractivity contribution in [2.24, 2.45) is 11.1 Å². The van der Waals surface area contributed by atoms with Gasteiger partial charge in [-0.05, 0) is 25.0 Å². The smallest absolute Gasteiger partial charge is 0.252 e. The maximum atomic E-state index is 12.6. The van der Waals surface area contributed by atoms with Gasteiger partial charge in [0.2, 0.25) is 5.91 Å². The molecule has 1 fully saturated rings. The van der Waals surface area contributed by atoms with Crippen LogP contribution < -0.4 is 11.1 Å². The van der Waals surface area contributed by atoms with Gasteiger partial charge in [0.25, 0.3) is 10.0 Å². The molecular weight excluding hydrogens is 398 g/mol. The quantitative estimate of drug-likeness (QED) is 0.658. The van der Waals surface area contributed by atoms with Crippen LogP contribution in [0.1, 0.15) is 31.6 Å². The van der Waals surface area contributed by atoms with Gasteiger partial charge in [-0.2, -0.15) is 4.31 Å². The molecule has 1 amide bonds. The zero-order valence-corrected chi connectivity index (χ0v) is 17.6. The standard InChI is InChI=1S/C16H27N3O4S2.ClH/c1-3-19(4-2)25(21,22)14-6-5-13(24-14)11-18-15(20)16(12-17)7-9-23-10-8-16;/h5-6H,3-4,7-12,17H2,1-2H3,(H,18,20);1H. The van der Waals surface area contributed by atoms with Crippen LogP contribution in [0, 0.1) is 5.41 Å². The van der Waals surface area contributed by atoms with Crippen LogP contribution in [0.4, 0.5) is 0 Å². The summed E-state index contributed by atoms with van der Waals surface area (Å²) in [6, 6.07) is 3.35. The van der Waals surface area contributed by atoms with E-state index in [0.29, 0.717) is 49.9 Å². The Balaban J connectivity index is 0.00000338. The molecule has 7 nitrogen and oxygen atoms in total. The Bertz CT molecular complexity index is 683. The molecule has 3 N–H and O–H groups in total. The molecule has 26 heavy (non-hydrogen) atoms. The molecule has 2 rings (SSSR count). The average Bonchev–Trinajstić information content (AvgIpc) is 3.11. The molecule has 1 saturated heterocycles. The molecule has 0 radical (unpaired) electrons. The molecule has 1 aromatic heterocycles. The van der Waals surface area contributed by atoms with Gasteiger partial charge in [0.1, 0.15) is 4.21 Å². The number of nitrogens with two attached hydrogens (primary N) is 1. The lowest BCUT2D eigenvalue weighted by molar-refractivity contribution is -0.136. The summed E-state index contributed by atoms with van der Waals surface area (Å²) in [6.07, 6.45) is 1.22. The van der Waals surface area contributed by atoms with Crippen LogP contribution in [0.15, 0.2) is 16.3 Å². The maximum absolute atomic E-state index is 12.6. The molecule has 2 heterocycles. The number of carbonyl (C=O) groups is 1. The van der Waals surface area contributed by atoms with Crippen molar-refractivity contribution in [1.82, 2.24) is 9.62 Å². The fourth-order valence-electron chi connectivity index (χ4n) is 2.92. The fraction of sp³-hybridized carbons (Fsp3) is 0.688. The number of sulfonamides is 1. The lowest BCUT2D eigenvalue weighted by atomic mass is 9.79. The highest BCUT2D eigenvalue weighted by atomic mass is 35.5. The Morgan fingerprint density at radius 1 is 1.31 bits per heavy atom. The van der Waals surface area contributed by atoms with Crippen LogP contribution in [-0.2, 0) is 26.1 Å². The van der Waals surface area contributed by atoms with Crippen molar-refractivity contribution < 1.29 is 17.9 Å². The second-order valence-electron chi connectivity index (χ2n) is 6.09. The largest absolute Gasteiger partial charge is 0.381 e. The summed E-state index contributed by atoms with van der Waals surface area (Å²) in [4.78, 5) is 13.4. The molecular formula is C16H28ClN3O4S2. The molecule has 1 aliphatic heterocycles. The number of ether oxygens (including phenoxy) is 1. The molecule has 1 aromatic rings. The van der Waals surface area contributed by atoms with Gasteiger partial charge >= 0.3 is 0 Å². The zero-order valence-electron chi connectivity index (χ0n) is 15.2. The summed E-state index contributed by atoms with van der Waals surface area (Å²) >= 11 is 1.19. The molecule has 0 aliphatic carbocycles. The summed E-state index contributed by atoms with van der Waals surface area (Å²) in [6.45, 7) is 6.17. The summed E-state index contributed by atoms with van der Waals surface area (Å²) in [5.41, 5.74) is 5.26. The molecule has 150 valence electrons.